The van der Waals surface area contributed by atoms with Crippen molar-refractivity contribution in [2.75, 3.05) is 0 Å². The highest BCUT2D eigenvalue weighted by Gasteiger charge is 2.05. The summed E-state index contributed by atoms with van der Waals surface area (Å²) in [6.45, 7) is 0. The van der Waals surface area contributed by atoms with Crippen molar-refractivity contribution in [3.05, 3.63) is 52.8 Å². The van der Waals surface area contributed by atoms with Gasteiger partial charge in [0.25, 0.3) is 0 Å². The largest absolute Gasteiger partial charge is 0.478 e. The summed E-state index contributed by atoms with van der Waals surface area (Å²) in [5.41, 5.74) is 2.00. The zero-order valence-corrected chi connectivity index (χ0v) is 9.81. The lowest BCUT2D eigenvalue weighted by Crippen LogP contribution is -1.95. The van der Waals surface area contributed by atoms with E-state index in [4.69, 9.17) is 5.11 Å². The number of aromatic carboxylic acids is 1. The number of hydrogen-bond acceptors (Lipinski definition) is 2. The molecule has 2 rings (SSSR count). The Morgan fingerprint density at radius 2 is 2.00 bits per heavy atom. The SMILES string of the molecule is O=C(O)c1cccc(-c2cncc(Br)c2)c1. The van der Waals surface area contributed by atoms with Crippen LogP contribution in [0.15, 0.2) is 47.2 Å². The molecule has 0 aliphatic heterocycles. The summed E-state index contributed by atoms with van der Waals surface area (Å²) in [6.07, 6.45) is 3.39. The van der Waals surface area contributed by atoms with Gasteiger partial charge in [-0.2, -0.15) is 0 Å². The third-order valence-electron chi connectivity index (χ3n) is 2.15. The zero-order chi connectivity index (χ0) is 11.5. The predicted molar refractivity (Wildman–Crippen MR) is 64.3 cm³/mol. The number of carboxylic acid groups (broad SMARTS) is 1. The summed E-state index contributed by atoms with van der Waals surface area (Å²) in [4.78, 5) is 14.9. The molecule has 0 atom stereocenters. The van der Waals surface area contributed by atoms with Crippen LogP contribution in [0.4, 0.5) is 0 Å². The fourth-order valence-corrected chi connectivity index (χ4v) is 1.77. The second-order valence-corrected chi connectivity index (χ2v) is 4.19. The monoisotopic (exact) mass is 277 g/mol. The van der Waals surface area contributed by atoms with Gasteiger partial charge in [0.15, 0.2) is 0 Å². The van der Waals surface area contributed by atoms with Gasteiger partial charge in [0.2, 0.25) is 0 Å². The second kappa shape index (κ2) is 4.45. The summed E-state index contributed by atoms with van der Waals surface area (Å²) in [6, 6.07) is 8.67. The molecule has 0 spiro atoms. The van der Waals surface area contributed by atoms with Crippen LogP contribution in [-0.2, 0) is 0 Å². The minimum Gasteiger partial charge on any atom is -0.478 e. The molecule has 16 heavy (non-hydrogen) atoms. The summed E-state index contributed by atoms with van der Waals surface area (Å²) < 4.78 is 0.866. The lowest BCUT2D eigenvalue weighted by Gasteiger charge is -2.02. The topological polar surface area (TPSA) is 50.2 Å². The molecule has 4 heteroatoms. The fraction of sp³-hybridized carbons (Fsp3) is 0. The van der Waals surface area contributed by atoms with E-state index < -0.39 is 5.97 Å². The van der Waals surface area contributed by atoms with Gasteiger partial charge in [0.1, 0.15) is 0 Å². The number of carboxylic acids is 1. The Balaban J connectivity index is 2.48. The molecule has 0 radical (unpaired) electrons. The van der Waals surface area contributed by atoms with E-state index >= 15 is 0 Å². The molecule has 0 saturated heterocycles. The van der Waals surface area contributed by atoms with Crippen LogP contribution in [0.5, 0.6) is 0 Å². The van der Waals surface area contributed by atoms with Crippen molar-refractivity contribution in [3.8, 4) is 11.1 Å². The third kappa shape index (κ3) is 2.28. The van der Waals surface area contributed by atoms with E-state index in [-0.39, 0.29) is 5.56 Å². The molecule has 1 aromatic heterocycles. The first-order chi connectivity index (χ1) is 7.66. The smallest absolute Gasteiger partial charge is 0.335 e. The van der Waals surface area contributed by atoms with Crippen LogP contribution in [0.2, 0.25) is 0 Å². The molecule has 0 aliphatic carbocycles. The highest BCUT2D eigenvalue weighted by Crippen LogP contribution is 2.22. The van der Waals surface area contributed by atoms with Gasteiger partial charge in [0, 0.05) is 22.4 Å². The third-order valence-corrected chi connectivity index (χ3v) is 2.58. The van der Waals surface area contributed by atoms with Crippen LogP contribution in [0, 0.1) is 0 Å². The van der Waals surface area contributed by atoms with Crippen LogP contribution in [-0.4, -0.2) is 16.1 Å². The molecule has 0 unspecified atom stereocenters. The van der Waals surface area contributed by atoms with E-state index in [1.54, 1.807) is 30.6 Å². The highest BCUT2D eigenvalue weighted by molar-refractivity contribution is 9.10. The molecular formula is C12H8BrNO2. The lowest BCUT2D eigenvalue weighted by molar-refractivity contribution is 0.0697. The minimum atomic E-state index is -0.926. The molecule has 1 N–H and O–H groups in total. The van der Waals surface area contributed by atoms with Crippen LogP contribution in [0.1, 0.15) is 10.4 Å². The van der Waals surface area contributed by atoms with Crippen LogP contribution >= 0.6 is 15.9 Å². The Hall–Kier alpha value is -1.68. The van der Waals surface area contributed by atoms with Crippen molar-refractivity contribution in [1.29, 1.82) is 0 Å². The van der Waals surface area contributed by atoms with E-state index in [2.05, 4.69) is 20.9 Å². The molecule has 1 heterocycles. The Bertz CT molecular complexity index is 540. The fourth-order valence-electron chi connectivity index (χ4n) is 1.40. The maximum Gasteiger partial charge on any atom is 0.335 e. The molecule has 0 fully saturated rings. The molecule has 2 aromatic rings. The van der Waals surface area contributed by atoms with Gasteiger partial charge < -0.3 is 5.11 Å². The van der Waals surface area contributed by atoms with Crippen molar-refractivity contribution in [2.45, 2.75) is 0 Å². The first-order valence-electron chi connectivity index (χ1n) is 4.61. The first kappa shape index (κ1) is 10.8. The van der Waals surface area contributed by atoms with Crippen molar-refractivity contribution in [1.82, 2.24) is 4.98 Å². The summed E-state index contributed by atoms with van der Waals surface area (Å²) in [5, 5.41) is 8.89. The Morgan fingerprint density at radius 1 is 1.19 bits per heavy atom. The minimum absolute atomic E-state index is 0.275. The first-order valence-corrected chi connectivity index (χ1v) is 5.40. The van der Waals surface area contributed by atoms with Gasteiger partial charge in [-0.25, -0.2) is 4.79 Å². The van der Waals surface area contributed by atoms with Crippen molar-refractivity contribution >= 4 is 21.9 Å². The van der Waals surface area contributed by atoms with E-state index in [0.29, 0.717) is 0 Å². The average Bonchev–Trinajstić information content (AvgIpc) is 2.29. The predicted octanol–water partition coefficient (Wildman–Crippen LogP) is 3.21. The number of benzene rings is 1. The van der Waals surface area contributed by atoms with E-state index in [1.807, 2.05) is 12.1 Å². The Kier molecular flexibility index (Phi) is 3.01. The van der Waals surface area contributed by atoms with Gasteiger partial charge in [-0.15, -0.1) is 0 Å². The maximum absolute atomic E-state index is 10.8. The number of hydrogen-bond donors (Lipinski definition) is 1. The number of halogens is 1. The maximum atomic E-state index is 10.8. The second-order valence-electron chi connectivity index (χ2n) is 3.28. The van der Waals surface area contributed by atoms with Crippen LogP contribution in [0.3, 0.4) is 0 Å². The number of nitrogens with zero attached hydrogens (tertiary/aromatic N) is 1. The summed E-state index contributed by atoms with van der Waals surface area (Å²) in [7, 11) is 0. The number of pyridine rings is 1. The highest BCUT2D eigenvalue weighted by atomic mass is 79.9. The molecule has 0 saturated carbocycles. The van der Waals surface area contributed by atoms with Gasteiger partial charge in [-0.1, -0.05) is 12.1 Å². The van der Waals surface area contributed by atoms with Gasteiger partial charge >= 0.3 is 5.97 Å². The van der Waals surface area contributed by atoms with E-state index in [0.717, 1.165) is 15.6 Å². The summed E-state index contributed by atoms with van der Waals surface area (Å²) >= 11 is 3.33. The average molecular weight is 278 g/mol. The summed E-state index contributed by atoms with van der Waals surface area (Å²) in [5.74, 6) is -0.926. The lowest BCUT2D eigenvalue weighted by atomic mass is 10.1. The Labute approximate surface area is 101 Å². The van der Waals surface area contributed by atoms with Crippen molar-refractivity contribution in [2.24, 2.45) is 0 Å². The van der Waals surface area contributed by atoms with Crippen LogP contribution < -0.4 is 0 Å². The van der Waals surface area contributed by atoms with Gasteiger partial charge in [0.05, 0.1) is 5.56 Å². The number of rotatable bonds is 2. The normalized spacial score (nSPS) is 10.1. The Morgan fingerprint density at radius 3 is 2.69 bits per heavy atom. The number of carbonyl (C=O) groups is 1. The van der Waals surface area contributed by atoms with Gasteiger partial charge in [-0.3, -0.25) is 4.98 Å². The molecule has 0 bridgehead atoms. The molecule has 0 aliphatic rings. The molecule has 1 aromatic carbocycles. The van der Waals surface area contributed by atoms with Crippen molar-refractivity contribution < 1.29 is 9.90 Å². The van der Waals surface area contributed by atoms with Crippen LogP contribution in [0.25, 0.3) is 11.1 Å². The van der Waals surface area contributed by atoms with E-state index in [1.165, 1.54) is 0 Å². The van der Waals surface area contributed by atoms with E-state index in [9.17, 15) is 4.79 Å². The molecular weight excluding hydrogens is 270 g/mol. The van der Waals surface area contributed by atoms with Gasteiger partial charge in [-0.05, 0) is 39.7 Å². The standard InChI is InChI=1S/C12H8BrNO2/c13-11-5-10(6-14-7-11)8-2-1-3-9(4-8)12(15)16/h1-7H,(H,15,16). The molecule has 3 nitrogen and oxygen atoms in total. The molecule has 80 valence electrons. The molecule has 0 amide bonds. The number of aromatic nitrogens is 1. The quantitative estimate of drug-likeness (QED) is 0.917. The zero-order valence-electron chi connectivity index (χ0n) is 8.22. The van der Waals surface area contributed by atoms with Crippen molar-refractivity contribution in [3.63, 3.8) is 0 Å².